The fourth-order valence-corrected chi connectivity index (χ4v) is 6.00. The van der Waals surface area contributed by atoms with Crippen LogP contribution in [-0.4, -0.2) is 65.0 Å². The van der Waals surface area contributed by atoms with Crippen LogP contribution in [0, 0.1) is 10.1 Å². The van der Waals surface area contributed by atoms with Crippen molar-refractivity contribution in [2.75, 3.05) is 31.6 Å². The molecule has 0 bridgehead atoms. The number of carbonyl (C=O) groups excluding carboxylic acids is 2. The van der Waals surface area contributed by atoms with Gasteiger partial charge in [-0.25, -0.2) is 0 Å². The van der Waals surface area contributed by atoms with E-state index in [1.54, 1.807) is 35.2 Å². The lowest BCUT2D eigenvalue weighted by molar-refractivity contribution is -0.384. The van der Waals surface area contributed by atoms with E-state index in [0.29, 0.717) is 55.6 Å². The molecule has 0 spiro atoms. The molecule has 3 fully saturated rings. The summed E-state index contributed by atoms with van der Waals surface area (Å²) < 4.78 is 5.41. The molecule has 6 rings (SSSR count). The molecule has 2 atom stereocenters. The topological polar surface area (TPSA) is 147 Å². The van der Waals surface area contributed by atoms with Crippen LogP contribution in [0.1, 0.15) is 70.7 Å². The van der Waals surface area contributed by atoms with Crippen molar-refractivity contribution in [3.05, 3.63) is 79.6 Å². The van der Waals surface area contributed by atoms with Gasteiger partial charge in [-0.2, -0.15) is 0 Å². The number of rotatable bonds is 7. The van der Waals surface area contributed by atoms with E-state index < -0.39 is 4.92 Å². The number of fused-ring (bicyclic) bond motifs is 1. The summed E-state index contributed by atoms with van der Waals surface area (Å²) in [4.78, 5) is 55.8. The Kier molecular flexibility index (Phi) is 7.44. The zero-order valence-electron chi connectivity index (χ0n) is 22.7. The number of hydrogen-bond acceptors (Lipinski definition) is 7. The van der Waals surface area contributed by atoms with Crippen LogP contribution in [0.5, 0.6) is 0 Å². The molecular weight excluding hydrogens is 526 g/mol. The van der Waals surface area contributed by atoms with Crippen molar-refractivity contribution in [3.8, 4) is 0 Å². The Balaban J connectivity index is 1.33. The normalized spacial score (nSPS) is 20.9. The highest BCUT2D eigenvalue weighted by atomic mass is 16.6. The number of para-hydroxylation sites is 1. The van der Waals surface area contributed by atoms with E-state index in [2.05, 4.69) is 15.6 Å². The van der Waals surface area contributed by atoms with Gasteiger partial charge in [-0.15, -0.1) is 0 Å². The Labute approximate surface area is 236 Å². The average Bonchev–Trinajstić information content (AvgIpc) is 3.83. The Morgan fingerprint density at radius 1 is 0.976 bits per heavy atom. The number of aromatic nitrogens is 1. The minimum Gasteiger partial charge on any atom is -0.378 e. The minimum absolute atomic E-state index is 0.123. The van der Waals surface area contributed by atoms with Gasteiger partial charge in [0, 0.05) is 48.2 Å². The molecule has 0 unspecified atom stereocenters. The second kappa shape index (κ2) is 11.3. The summed E-state index contributed by atoms with van der Waals surface area (Å²) in [6.45, 7) is 1.69. The Morgan fingerprint density at radius 3 is 2.44 bits per heavy atom. The third-order valence-corrected chi connectivity index (χ3v) is 8.32. The Morgan fingerprint density at radius 2 is 1.71 bits per heavy atom. The molecule has 214 valence electrons. The second-order valence-corrected chi connectivity index (χ2v) is 11.1. The molecule has 11 nitrogen and oxygen atoms in total. The predicted octanol–water partition coefficient (Wildman–Crippen LogP) is 3.94. The van der Waals surface area contributed by atoms with Gasteiger partial charge in [0.05, 0.1) is 29.3 Å². The highest BCUT2D eigenvalue weighted by molar-refractivity contribution is 6.06. The number of nitrogens with one attached hydrogen (secondary N) is 3. The van der Waals surface area contributed by atoms with Gasteiger partial charge < -0.3 is 25.3 Å². The minimum atomic E-state index is -0.427. The average molecular weight is 560 g/mol. The summed E-state index contributed by atoms with van der Waals surface area (Å²) in [5.41, 5.74) is 1.65. The van der Waals surface area contributed by atoms with Crippen LogP contribution in [0.15, 0.2) is 47.3 Å². The third kappa shape index (κ3) is 5.67. The van der Waals surface area contributed by atoms with Crippen LogP contribution in [0.3, 0.4) is 0 Å². The van der Waals surface area contributed by atoms with Crippen LogP contribution in [0.2, 0.25) is 0 Å². The summed E-state index contributed by atoms with van der Waals surface area (Å²) in [7, 11) is 0. The summed E-state index contributed by atoms with van der Waals surface area (Å²) in [6.07, 6.45) is 4.96. The quantitative estimate of drug-likeness (QED) is 0.293. The molecule has 2 saturated carbocycles. The third-order valence-electron chi connectivity index (χ3n) is 8.32. The summed E-state index contributed by atoms with van der Waals surface area (Å²) in [5.74, 6) is -0.411. The maximum Gasteiger partial charge on any atom is 0.293 e. The summed E-state index contributed by atoms with van der Waals surface area (Å²) in [6, 6.07) is 11.1. The highest BCUT2D eigenvalue weighted by Crippen LogP contribution is 2.44. The fraction of sp³-hybridized carbons (Fsp3) is 0.433. The molecular formula is C30H33N5O6. The zero-order chi connectivity index (χ0) is 28.5. The number of nitrogens with zero attached hydrogens (tertiary/aromatic N) is 2. The molecule has 11 heteroatoms. The van der Waals surface area contributed by atoms with E-state index in [1.807, 2.05) is 6.07 Å². The zero-order valence-corrected chi connectivity index (χ0v) is 22.7. The number of pyridine rings is 1. The van der Waals surface area contributed by atoms with E-state index in [4.69, 9.17) is 4.74 Å². The molecule has 1 aromatic heterocycles. The predicted molar refractivity (Wildman–Crippen MR) is 153 cm³/mol. The number of hydrogen-bond donors (Lipinski definition) is 3. The van der Waals surface area contributed by atoms with Gasteiger partial charge in [-0.1, -0.05) is 31.0 Å². The van der Waals surface area contributed by atoms with Crippen LogP contribution in [-0.2, 0) is 4.74 Å². The van der Waals surface area contributed by atoms with Crippen molar-refractivity contribution in [1.82, 2.24) is 15.2 Å². The van der Waals surface area contributed by atoms with Gasteiger partial charge in [0.15, 0.2) is 0 Å². The molecule has 41 heavy (non-hydrogen) atoms. The van der Waals surface area contributed by atoms with Crippen LogP contribution in [0.25, 0.3) is 10.9 Å². The van der Waals surface area contributed by atoms with Crippen LogP contribution < -0.4 is 16.2 Å². The number of anilines is 1. The first-order chi connectivity index (χ1) is 19.9. The van der Waals surface area contributed by atoms with E-state index in [9.17, 15) is 24.5 Å². The smallest absolute Gasteiger partial charge is 0.293 e. The van der Waals surface area contributed by atoms with Crippen LogP contribution in [0.4, 0.5) is 11.4 Å². The lowest BCUT2D eigenvalue weighted by atomic mass is 9.89. The van der Waals surface area contributed by atoms with Gasteiger partial charge in [-0.3, -0.25) is 24.5 Å². The van der Waals surface area contributed by atoms with Gasteiger partial charge in [-0.05, 0) is 49.3 Å². The Bertz CT molecular complexity index is 1560. The van der Waals surface area contributed by atoms with Crippen LogP contribution >= 0.6 is 0 Å². The number of benzene rings is 2. The number of ether oxygens (including phenoxy) is 1. The summed E-state index contributed by atoms with van der Waals surface area (Å²) >= 11 is 0. The highest BCUT2D eigenvalue weighted by Gasteiger charge is 2.35. The first kappa shape index (κ1) is 26.9. The molecule has 1 saturated heterocycles. The largest absolute Gasteiger partial charge is 0.378 e. The second-order valence-electron chi connectivity index (χ2n) is 11.1. The molecule has 2 amide bonds. The van der Waals surface area contributed by atoms with Crippen molar-refractivity contribution < 1.29 is 19.2 Å². The number of aromatic amines is 1. The molecule has 2 aromatic carbocycles. The standard InChI is InChI=1S/C30H33N5O6/c36-27-17-21(20-5-1-2-6-23(20)31-27)29(37)33-25-8-4-3-7-24(25)32-28-22(30(38)34-11-13-41-14-12-34)15-19(18-9-10-18)16-26(28)35(39)40/h1-2,5-6,15-18,24-25,32H,3-4,7-14H2,(H,31,36)(H,33,37)/t24-,25+/m1/s1. The monoisotopic (exact) mass is 559 g/mol. The number of H-pyrrole nitrogens is 1. The molecule has 3 N–H and O–H groups in total. The lowest BCUT2D eigenvalue weighted by Crippen LogP contribution is -2.49. The van der Waals surface area contributed by atoms with Gasteiger partial charge in [0.2, 0.25) is 5.56 Å². The van der Waals surface area contributed by atoms with Gasteiger partial charge in [0.1, 0.15) is 5.69 Å². The van der Waals surface area contributed by atoms with E-state index in [0.717, 1.165) is 31.2 Å². The molecule has 3 aliphatic rings. The van der Waals surface area contributed by atoms with Crippen molar-refractivity contribution >= 4 is 34.1 Å². The number of nitro groups is 1. The first-order valence-corrected chi connectivity index (χ1v) is 14.3. The van der Waals surface area contributed by atoms with E-state index in [1.165, 1.54) is 6.07 Å². The maximum atomic E-state index is 13.7. The van der Waals surface area contributed by atoms with Crippen molar-refractivity contribution in [2.45, 2.75) is 56.5 Å². The van der Waals surface area contributed by atoms with Crippen molar-refractivity contribution in [1.29, 1.82) is 0 Å². The molecule has 1 aliphatic heterocycles. The van der Waals surface area contributed by atoms with Gasteiger partial charge in [0.25, 0.3) is 17.5 Å². The molecule has 2 aliphatic carbocycles. The molecule has 3 aromatic rings. The number of carbonyl (C=O) groups is 2. The Hall–Kier alpha value is -4.25. The number of morpholine rings is 1. The molecule has 0 radical (unpaired) electrons. The fourth-order valence-electron chi connectivity index (χ4n) is 6.00. The van der Waals surface area contributed by atoms with E-state index >= 15 is 0 Å². The number of nitro benzene ring substituents is 1. The van der Waals surface area contributed by atoms with E-state index in [-0.39, 0.29) is 52.3 Å². The number of amides is 2. The lowest BCUT2D eigenvalue weighted by Gasteiger charge is -2.34. The summed E-state index contributed by atoms with van der Waals surface area (Å²) in [5, 5.41) is 19.4. The SMILES string of the molecule is O=C(N[C@H]1CCCC[C@H]1Nc1c(C(=O)N2CCOCC2)cc(C2CC2)cc1[N+](=O)[O-])c1cc(=O)[nH]c2ccccc12. The first-order valence-electron chi connectivity index (χ1n) is 14.3. The maximum absolute atomic E-state index is 13.7. The van der Waals surface area contributed by atoms with Crippen molar-refractivity contribution in [2.24, 2.45) is 0 Å². The molecule has 2 heterocycles. The van der Waals surface area contributed by atoms with Crippen molar-refractivity contribution in [3.63, 3.8) is 0 Å². The van der Waals surface area contributed by atoms with Gasteiger partial charge >= 0.3 is 0 Å².